The van der Waals surface area contributed by atoms with Gasteiger partial charge in [-0.2, -0.15) is 0 Å². The van der Waals surface area contributed by atoms with Crippen molar-refractivity contribution in [2.24, 2.45) is 5.92 Å². The lowest BCUT2D eigenvalue weighted by Gasteiger charge is -2.37. The highest BCUT2D eigenvalue weighted by atomic mass is 16.3. The quantitative estimate of drug-likeness (QED) is 0.676. The van der Waals surface area contributed by atoms with Gasteiger partial charge in [-0.15, -0.1) is 0 Å². The molecule has 0 spiro atoms. The predicted molar refractivity (Wildman–Crippen MR) is 51.3 cm³/mol. The first-order valence-electron chi connectivity index (χ1n) is 4.95. The van der Waals surface area contributed by atoms with Gasteiger partial charge in [0.25, 0.3) is 0 Å². The molecule has 0 bridgehead atoms. The van der Waals surface area contributed by atoms with Crippen molar-refractivity contribution < 1.29 is 9.90 Å². The van der Waals surface area contributed by atoms with Crippen LogP contribution in [-0.2, 0) is 4.79 Å². The van der Waals surface area contributed by atoms with Crippen LogP contribution in [0, 0.1) is 5.92 Å². The second-order valence-electron chi connectivity index (χ2n) is 4.37. The van der Waals surface area contributed by atoms with E-state index in [1.165, 1.54) is 0 Å². The van der Waals surface area contributed by atoms with Crippen molar-refractivity contribution in [3.8, 4) is 0 Å². The number of hydrogen-bond acceptors (Lipinski definition) is 2. The zero-order valence-electron chi connectivity index (χ0n) is 8.47. The molecule has 0 heterocycles. The van der Waals surface area contributed by atoms with Gasteiger partial charge in [0.05, 0.1) is 0 Å². The maximum atomic E-state index is 10.9. The largest absolute Gasteiger partial charge is 0.396 e. The Hall–Kier alpha value is -0.570. The first kappa shape index (κ1) is 10.5. The second-order valence-corrected chi connectivity index (χ2v) is 4.37. The Morgan fingerprint density at radius 3 is 2.46 bits per heavy atom. The number of amides is 1. The SMILES string of the molecule is CC(=O)NC1(C)CCC(CO)CC1. The molecule has 1 fully saturated rings. The lowest BCUT2D eigenvalue weighted by molar-refractivity contribution is -0.121. The summed E-state index contributed by atoms with van der Waals surface area (Å²) in [5.74, 6) is 0.492. The minimum Gasteiger partial charge on any atom is -0.396 e. The Bertz CT molecular complexity index is 183. The van der Waals surface area contributed by atoms with Gasteiger partial charge in [-0.25, -0.2) is 0 Å². The van der Waals surface area contributed by atoms with Crippen molar-refractivity contribution in [1.82, 2.24) is 5.32 Å². The first-order chi connectivity index (χ1) is 6.06. The number of rotatable bonds is 2. The van der Waals surface area contributed by atoms with Crippen LogP contribution in [0.3, 0.4) is 0 Å². The van der Waals surface area contributed by atoms with E-state index in [9.17, 15) is 4.79 Å². The summed E-state index contributed by atoms with van der Waals surface area (Å²) in [4.78, 5) is 10.9. The van der Waals surface area contributed by atoms with Gasteiger partial charge in [-0.05, 0) is 38.5 Å². The predicted octanol–water partition coefficient (Wildman–Crippen LogP) is 1.06. The van der Waals surface area contributed by atoms with Gasteiger partial charge in [0.2, 0.25) is 5.91 Å². The van der Waals surface area contributed by atoms with E-state index >= 15 is 0 Å². The zero-order chi connectivity index (χ0) is 9.90. The fraction of sp³-hybridized carbons (Fsp3) is 0.900. The fourth-order valence-electron chi connectivity index (χ4n) is 2.05. The summed E-state index contributed by atoms with van der Waals surface area (Å²) < 4.78 is 0. The lowest BCUT2D eigenvalue weighted by atomic mass is 9.78. The first-order valence-corrected chi connectivity index (χ1v) is 4.95. The van der Waals surface area contributed by atoms with E-state index in [0.29, 0.717) is 5.92 Å². The van der Waals surface area contributed by atoms with Gasteiger partial charge < -0.3 is 10.4 Å². The van der Waals surface area contributed by atoms with Crippen LogP contribution >= 0.6 is 0 Å². The summed E-state index contributed by atoms with van der Waals surface area (Å²) in [5.41, 5.74) is -0.0303. The summed E-state index contributed by atoms with van der Waals surface area (Å²) >= 11 is 0. The lowest BCUT2D eigenvalue weighted by Crippen LogP contribution is -2.47. The standard InChI is InChI=1S/C10H19NO2/c1-8(13)11-10(2)5-3-9(7-12)4-6-10/h9,12H,3-7H2,1-2H3,(H,11,13). The molecule has 0 atom stereocenters. The van der Waals surface area contributed by atoms with Crippen LogP contribution < -0.4 is 5.32 Å². The van der Waals surface area contributed by atoms with E-state index in [2.05, 4.69) is 12.2 Å². The van der Waals surface area contributed by atoms with Crippen LogP contribution in [0.2, 0.25) is 0 Å². The van der Waals surface area contributed by atoms with E-state index in [-0.39, 0.29) is 18.1 Å². The van der Waals surface area contributed by atoms with Crippen LogP contribution in [0.1, 0.15) is 39.5 Å². The van der Waals surface area contributed by atoms with Crippen molar-refractivity contribution in [3.05, 3.63) is 0 Å². The minimum atomic E-state index is -0.0303. The van der Waals surface area contributed by atoms with Gasteiger partial charge >= 0.3 is 0 Å². The van der Waals surface area contributed by atoms with Crippen molar-refractivity contribution in [1.29, 1.82) is 0 Å². The molecule has 1 amide bonds. The van der Waals surface area contributed by atoms with Gasteiger partial charge in [-0.1, -0.05) is 0 Å². The number of aliphatic hydroxyl groups excluding tert-OH is 1. The monoisotopic (exact) mass is 185 g/mol. The molecule has 0 aliphatic heterocycles. The third-order valence-electron chi connectivity index (χ3n) is 2.94. The maximum absolute atomic E-state index is 10.9. The summed E-state index contributed by atoms with van der Waals surface area (Å²) in [7, 11) is 0. The van der Waals surface area contributed by atoms with E-state index in [0.717, 1.165) is 25.7 Å². The molecule has 1 aliphatic carbocycles. The molecule has 1 aliphatic rings. The average molecular weight is 185 g/mol. The third kappa shape index (κ3) is 2.99. The number of carbonyl (C=O) groups excluding carboxylic acids is 1. The summed E-state index contributed by atoms with van der Waals surface area (Å²) in [6.45, 7) is 3.93. The number of aliphatic hydroxyl groups is 1. The van der Waals surface area contributed by atoms with E-state index in [4.69, 9.17) is 5.11 Å². The molecule has 1 saturated carbocycles. The van der Waals surface area contributed by atoms with E-state index in [1.54, 1.807) is 6.92 Å². The molecule has 0 saturated heterocycles. The molecule has 1 rings (SSSR count). The van der Waals surface area contributed by atoms with Crippen LogP contribution in [-0.4, -0.2) is 23.2 Å². The average Bonchev–Trinajstić information content (AvgIpc) is 2.04. The summed E-state index contributed by atoms with van der Waals surface area (Å²) in [6, 6.07) is 0. The Balaban J connectivity index is 2.41. The molecule has 2 N–H and O–H groups in total. The van der Waals surface area contributed by atoms with Crippen LogP contribution in [0.5, 0.6) is 0 Å². The van der Waals surface area contributed by atoms with Gasteiger partial charge in [0, 0.05) is 19.1 Å². The molecular weight excluding hydrogens is 166 g/mol. The minimum absolute atomic E-state index is 0.0303. The van der Waals surface area contributed by atoms with Crippen LogP contribution in [0.25, 0.3) is 0 Å². The molecular formula is C10H19NO2. The summed E-state index contributed by atoms with van der Waals surface area (Å²) in [5, 5.41) is 11.9. The van der Waals surface area contributed by atoms with E-state index < -0.39 is 0 Å². The normalized spacial score (nSPS) is 34.2. The molecule has 13 heavy (non-hydrogen) atoms. The Morgan fingerprint density at radius 1 is 1.54 bits per heavy atom. The van der Waals surface area contributed by atoms with Gasteiger partial charge in [-0.3, -0.25) is 4.79 Å². The van der Waals surface area contributed by atoms with Crippen molar-refractivity contribution >= 4 is 5.91 Å². The van der Waals surface area contributed by atoms with E-state index in [1.807, 2.05) is 0 Å². The smallest absolute Gasteiger partial charge is 0.217 e. The van der Waals surface area contributed by atoms with Crippen LogP contribution in [0.15, 0.2) is 0 Å². The van der Waals surface area contributed by atoms with Crippen LogP contribution in [0.4, 0.5) is 0 Å². The fourth-order valence-corrected chi connectivity index (χ4v) is 2.05. The Morgan fingerprint density at radius 2 is 2.08 bits per heavy atom. The number of nitrogens with one attached hydrogen (secondary N) is 1. The molecule has 0 aromatic rings. The molecule has 0 unspecified atom stereocenters. The Labute approximate surface area is 79.5 Å². The summed E-state index contributed by atoms with van der Waals surface area (Å²) in [6.07, 6.45) is 4.01. The molecule has 0 aromatic carbocycles. The van der Waals surface area contributed by atoms with Gasteiger partial charge in [0.15, 0.2) is 0 Å². The zero-order valence-corrected chi connectivity index (χ0v) is 8.47. The molecule has 0 aromatic heterocycles. The highest BCUT2D eigenvalue weighted by Gasteiger charge is 2.31. The molecule has 76 valence electrons. The topological polar surface area (TPSA) is 49.3 Å². The third-order valence-corrected chi connectivity index (χ3v) is 2.94. The molecule has 0 radical (unpaired) electrons. The highest BCUT2D eigenvalue weighted by Crippen LogP contribution is 2.31. The number of carbonyl (C=O) groups is 1. The molecule has 3 heteroatoms. The van der Waals surface area contributed by atoms with Gasteiger partial charge in [0.1, 0.15) is 0 Å². The number of hydrogen-bond donors (Lipinski definition) is 2. The maximum Gasteiger partial charge on any atom is 0.217 e. The van der Waals surface area contributed by atoms with Crippen molar-refractivity contribution in [2.45, 2.75) is 45.1 Å². The van der Waals surface area contributed by atoms with Crippen molar-refractivity contribution in [3.63, 3.8) is 0 Å². The molecule has 3 nitrogen and oxygen atoms in total. The van der Waals surface area contributed by atoms with Crippen molar-refractivity contribution in [2.75, 3.05) is 6.61 Å². The second kappa shape index (κ2) is 4.09. The highest BCUT2D eigenvalue weighted by molar-refractivity contribution is 5.73. The Kier molecular flexibility index (Phi) is 3.31.